The van der Waals surface area contributed by atoms with Gasteiger partial charge in [0, 0.05) is 0 Å². The molecule has 3 heteroatoms. The summed E-state index contributed by atoms with van der Waals surface area (Å²) in [5, 5.41) is 20.4. The SMILES string of the molecule is C=C(CCC=C(C)C)[C@@H](O)CC[C@]1(C)C=Cc2c(O)cc(C)cc2O1. The third-order valence-corrected chi connectivity index (χ3v) is 4.61. The second kappa shape index (κ2) is 7.92. The van der Waals surface area contributed by atoms with Crippen LogP contribution >= 0.6 is 0 Å². The molecule has 0 aromatic heterocycles. The molecule has 136 valence electrons. The Morgan fingerprint density at radius 1 is 1.36 bits per heavy atom. The smallest absolute Gasteiger partial charge is 0.131 e. The highest BCUT2D eigenvalue weighted by atomic mass is 16.5. The van der Waals surface area contributed by atoms with E-state index in [-0.39, 0.29) is 5.75 Å². The topological polar surface area (TPSA) is 49.7 Å². The summed E-state index contributed by atoms with van der Waals surface area (Å²) in [6.45, 7) is 12.1. The van der Waals surface area contributed by atoms with Gasteiger partial charge in [0.25, 0.3) is 0 Å². The molecular weight excluding hydrogens is 312 g/mol. The van der Waals surface area contributed by atoms with Crippen molar-refractivity contribution in [2.75, 3.05) is 0 Å². The minimum Gasteiger partial charge on any atom is -0.507 e. The molecule has 0 spiro atoms. The third-order valence-electron chi connectivity index (χ3n) is 4.61. The molecule has 2 atom stereocenters. The Balaban J connectivity index is 1.95. The highest BCUT2D eigenvalue weighted by molar-refractivity contribution is 5.67. The zero-order chi connectivity index (χ0) is 18.6. The predicted molar refractivity (Wildman–Crippen MR) is 104 cm³/mol. The maximum absolute atomic E-state index is 10.4. The van der Waals surface area contributed by atoms with Crippen LogP contribution in [0.25, 0.3) is 6.08 Å². The number of benzene rings is 1. The van der Waals surface area contributed by atoms with Gasteiger partial charge in [-0.15, -0.1) is 0 Å². The van der Waals surface area contributed by atoms with Crippen molar-refractivity contribution in [2.45, 2.75) is 65.1 Å². The van der Waals surface area contributed by atoms with Gasteiger partial charge < -0.3 is 14.9 Å². The van der Waals surface area contributed by atoms with Crippen molar-refractivity contribution in [2.24, 2.45) is 0 Å². The number of aromatic hydroxyl groups is 1. The summed E-state index contributed by atoms with van der Waals surface area (Å²) in [6, 6.07) is 3.67. The zero-order valence-electron chi connectivity index (χ0n) is 15.8. The minimum atomic E-state index is -0.522. The van der Waals surface area contributed by atoms with Gasteiger partial charge in [-0.05, 0) is 88.8 Å². The summed E-state index contributed by atoms with van der Waals surface area (Å²) in [6.07, 6.45) is 8.51. The van der Waals surface area contributed by atoms with Crippen LogP contribution in [-0.4, -0.2) is 21.9 Å². The van der Waals surface area contributed by atoms with Gasteiger partial charge in [-0.1, -0.05) is 18.2 Å². The molecule has 1 aliphatic heterocycles. The van der Waals surface area contributed by atoms with E-state index in [9.17, 15) is 10.2 Å². The molecule has 0 saturated heterocycles. The molecule has 25 heavy (non-hydrogen) atoms. The van der Waals surface area contributed by atoms with E-state index in [0.29, 0.717) is 18.6 Å². The van der Waals surface area contributed by atoms with Gasteiger partial charge in [0.1, 0.15) is 17.1 Å². The number of phenols is 1. The van der Waals surface area contributed by atoms with Gasteiger partial charge in [0.05, 0.1) is 11.7 Å². The number of rotatable bonds is 7. The zero-order valence-corrected chi connectivity index (χ0v) is 15.8. The molecule has 2 rings (SSSR count). The maximum Gasteiger partial charge on any atom is 0.131 e. The number of hydrogen-bond donors (Lipinski definition) is 2. The fourth-order valence-electron chi connectivity index (χ4n) is 3.02. The van der Waals surface area contributed by atoms with Gasteiger partial charge in [-0.2, -0.15) is 0 Å². The van der Waals surface area contributed by atoms with Crippen molar-refractivity contribution in [3.05, 3.63) is 53.1 Å². The first kappa shape index (κ1) is 19.3. The molecule has 1 aliphatic rings. The van der Waals surface area contributed by atoms with Crippen LogP contribution in [0.5, 0.6) is 11.5 Å². The minimum absolute atomic E-state index is 0.237. The molecule has 0 amide bonds. The number of hydrogen-bond acceptors (Lipinski definition) is 3. The Kier molecular flexibility index (Phi) is 6.12. The number of phenolic OH excluding ortho intramolecular Hbond substituents is 1. The Hall–Kier alpha value is -2.00. The van der Waals surface area contributed by atoms with Crippen molar-refractivity contribution in [1.29, 1.82) is 0 Å². The van der Waals surface area contributed by atoms with E-state index < -0.39 is 11.7 Å². The predicted octanol–water partition coefficient (Wildman–Crippen LogP) is 5.31. The Bertz CT molecular complexity index is 695. The Morgan fingerprint density at radius 3 is 2.76 bits per heavy atom. The monoisotopic (exact) mass is 342 g/mol. The van der Waals surface area contributed by atoms with E-state index in [1.54, 1.807) is 6.07 Å². The quantitative estimate of drug-likeness (QED) is 0.660. The number of aliphatic hydroxyl groups is 1. The molecule has 1 heterocycles. The van der Waals surface area contributed by atoms with E-state index in [4.69, 9.17) is 4.74 Å². The first-order valence-corrected chi connectivity index (χ1v) is 8.91. The number of ether oxygens (including phenoxy) is 1. The van der Waals surface area contributed by atoms with Crippen LogP contribution in [0.15, 0.2) is 42.0 Å². The maximum atomic E-state index is 10.4. The fourth-order valence-corrected chi connectivity index (χ4v) is 3.02. The van der Waals surface area contributed by atoms with Gasteiger partial charge in [0.2, 0.25) is 0 Å². The van der Waals surface area contributed by atoms with Crippen LogP contribution in [0.4, 0.5) is 0 Å². The summed E-state index contributed by atoms with van der Waals surface area (Å²) >= 11 is 0. The van der Waals surface area contributed by atoms with Crippen LogP contribution < -0.4 is 4.74 Å². The van der Waals surface area contributed by atoms with Crippen LogP contribution in [-0.2, 0) is 0 Å². The Morgan fingerprint density at radius 2 is 2.08 bits per heavy atom. The van der Waals surface area contributed by atoms with Crippen LogP contribution in [0.1, 0.15) is 57.6 Å². The lowest BCUT2D eigenvalue weighted by Gasteiger charge is -2.33. The molecule has 0 bridgehead atoms. The van der Waals surface area contributed by atoms with Crippen LogP contribution in [0.3, 0.4) is 0 Å². The average molecular weight is 342 g/mol. The second-order valence-electron chi connectivity index (χ2n) is 7.48. The first-order valence-electron chi connectivity index (χ1n) is 8.91. The highest BCUT2D eigenvalue weighted by Crippen LogP contribution is 2.39. The van der Waals surface area contributed by atoms with E-state index in [0.717, 1.165) is 29.5 Å². The van der Waals surface area contributed by atoms with Gasteiger partial charge >= 0.3 is 0 Å². The number of fused-ring (bicyclic) bond motifs is 1. The van der Waals surface area contributed by atoms with Crippen molar-refractivity contribution >= 4 is 6.08 Å². The summed E-state index contributed by atoms with van der Waals surface area (Å²) in [7, 11) is 0. The molecule has 0 saturated carbocycles. The average Bonchev–Trinajstić information content (AvgIpc) is 2.51. The molecule has 1 aromatic rings. The van der Waals surface area contributed by atoms with E-state index in [1.807, 2.05) is 32.1 Å². The lowest BCUT2D eigenvalue weighted by Crippen LogP contribution is -2.33. The molecule has 3 nitrogen and oxygen atoms in total. The number of aryl methyl sites for hydroxylation is 1. The molecule has 0 fully saturated rings. The first-order chi connectivity index (χ1) is 11.7. The summed E-state index contributed by atoms with van der Waals surface area (Å²) < 4.78 is 6.13. The summed E-state index contributed by atoms with van der Waals surface area (Å²) in [4.78, 5) is 0. The molecule has 0 radical (unpaired) electrons. The van der Waals surface area contributed by atoms with Gasteiger partial charge in [-0.3, -0.25) is 0 Å². The number of aliphatic hydroxyl groups excluding tert-OH is 1. The fraction of sp³-hybridized carbons (Fsp3) is 0.455. The Labute approximate surface area is 151 Å². The van der Waals surface area contributed by atoms with Crippen LogP contribution in [0.2, 0.25) is 0 Å². The van der Waals surface area contributed by atoms with Crippen molar-refractivity contribution in [3.8, 4) is 11.5 Å². The van der Waals surface area contributed by atoms with E-state index in [2.05, 4.69) is 26.5 Å². The lowest BCUT2D eigenvalue weighted by molar-refractivity contribution is 0.100. The molecule has 1 aromatic carbocycles. The standard InChI is InChI=1S/C22H30O3/c1-15(2)7-6-8-17(4)19(23)10-12-22(5)11-9-18-20(24)13-16(3)14-21(18)25-22/h7,9,11,13-14,19,23-24H,4,6,8,10,12H2,1-3,5H3/t19-,22-/m0/s1. The summed E-state index contributed by atoms with van der Waals surface area (Å²) in [5.74, 6) is 0.931. The molecular formula is C22H30O3. The lowest BCUT2D eigenvalue weighted by atomic mass is 9.91. The largest absolute Gasteiger partial charge is 0.507 e. The number of allylic oxidation sites excluding steroid dienone is 2. The normalized spacial score (nSPS) is 19.7. The molecule has 0 unspecified atom stereocenters. The van der Waals surface area contributed by atoms with Crippen LogP contribution in [0, 0.1) is 6.92 Å². The summed E-state index contributed by atoms with van der Waals surface area (Å²) in [5.41, 5.74) is 3.34. The van der Waals surface area contributed by atoms with Crippen molar-refractivity contribution in [3.63, 3.8) is 0 Å². The van der Waals surface area contributed by atoms with E-state index in [1.165, 1.54) is 5.57 Å². The van der Waals surface area contributed by atoms with E-state index >= 15 is 0 Å². The third kappa shape index (κ3) is 5.23. The van der Waals surface area contributed by atoms with Crippen molar-refractivity contribution in [1.82, 2.24) is 0 Å². The van der Waals surface area contributed by atoms with Gasteiger partial charge in [-0.25, -0.2) is 0 Å². The highest BCUT2D eigenvalue weighted by Gasteiger charge is 2.29. The molecule has 2 N–H and O–H groups in total. The molecule has 0 aliphatic carbocycles. The van der Waals surface area contributed by atoms with Crippen molar-refractivity contribution < 1.29 is 14.9 Å². The van der Waals surface area contributed by atoms with Gasteiger partial charge in [0.15, 0.2) is 0 Å². The second-order valence-corrected chi connectivity index (χ2v) is 7.48.